The normalized spacial score (nSPS) is 20.7. The van der Waals surface area contributed by atoms with Crippen LogP contribution >= 0.6 is 35.6 Å². The third kappa shape index (κ3) is 4.62. The van der Waals surface area contributed by atoms with Crippen molar-refractivity contribution in [2.45, 2.75) is 12.8 Å². The molecular weight excluding hydrogens is 343 g/mol. The lowest BCUT2D eigenvalue weighted by molar-refractivity contribution is 0.196. The Labute approximate surface area is 148 Å². The van der Waals surface area contributed by atoms with Crippen molar-refractivity contribution < 1.29 is 0 Å². The second kappa shape index (κ2) is 8.55. The van der Waals surface area contributed by atoms with Gasteiger partial charge in [0, 0.05) is 38.9 Å². The van der Waals surface area contributed by atoms with E-state index in [0.717, 1.165) is 37.9 Å². The molecule has 1 aromatic rings. The Morgan fingerprint density at radius 3 is 2.45 bits per heavy atom. The van der Waals surface area contributed by atoms with Gasteiger partial charge in [-0.3, -0.25) is 4.90 Å². The van der Waals surface area contributed by atoms with Crippen LogP contribution in [0.1, 0.15) is 12.8 Å². The summed E-state index contributed by atoms with van der Waals surface area (Å²) in [5.74, 6) is 1.72. The molecule has 124 valence electrons. The molecule has 0 saturated carbocycles. The predicted octanol–water partition coefficient (Wildman–Crippen LogP) is 2.93. The third-order valence-electron chi connectivity index (χ3n) is 4.44. The summed E-state index contributed by atoms with van der Waals surface area (Å²) in [6.45, 7) is 7.73. The van der Waals surface area contributed by atoms with Crippen molar-refractivity contribution in [2.24, 2.45) is 5.92 Å². The second-order valence-corrected chi connectivity index (χ2v) is 6.78. The van der Waals surface area contributed by atoms with Crippen molar-refractivity contribution >= 4 is 41.4 Å². The molecule has 0 unspecified atom stereocenters. The third-order valence-corrected chi connectivity index (χ3v) is 4.92. The number of halogens is 3. The van der Waals surface area contributed by atoms with Crippen LogP contribution in [-0.2, 0) is 0 Å². The van der Waals surface area contributed by atoms with Gasteiger partial charge in [0.05, 0.1) is 10.0 Å². The van der Waals surface area contributed by atoms with E-state index in [-0.39, 0.29) is 12.4 Å². The highest BCUT2D eigenvalue weighted by Gasteiger charge is 2.23. The molecular formula is C15H23Cl3N4. The number of anilines is 1. The van der Waals surface area contributed by atoms with Gasteiger partial charge in [0.1, 0.15) is 5.82 Å². The van der Waals surface area contributed by atoms with Crippen LogP contribution in [0.3, 0.4) is 0 Å². The summed E-state index contributed by atoms with van der Waals surface area (Å²) in [6.07, 6.45) is 4.29. The quantitative estimate of drug-likeness (QED) is 0.892. The first kappa shape index (κ1) is 18.1. The lowest BCUT2D eigenvalue weighted by atomic mass is 9.97. The van der Waals surface area contributed by atoms with Gasteiger partial charge < -0.3 is 10.2 Å². The first-order chi connectivity index (χ1) is 10.2. The van der Waals surface area contributed by atoms with Crippen molar-refractivity contribution in [3.05, 3.63) is 22.3 Å². The van der Waals surface area contributed by atoms with Gasteiger partial charge in [-0.25, -0.2) is 4.98 Å². The fraction of sp³-hybridized carbons (Fsp3) is 0.667. The molecule has 22 heavy (non-hydrogen) atoms. The Morgan fingerprint density at radius 1 is 1.14 bits per heavy atom. The van der Waals surface area contributed by atoms with E-state index in [1.807, 2.05) is 0 Å². The zero-order valence-electron chi connectivity index (χ0n) is 12.6. The van der Waals surface area contributed by atoms with Crippen LogP contribution in [-0.4, -0.2) is 55.7 Å². The average molecular weight is 366 g/mol. The van der Waals surface area contributed by atoms with Gasteiger partial charge in [-0.05, 0) is 37.9 Å². The summed E-state index contributed by atoms with van der Waals surface area (Å²) < 4.78 is 0. The first-order valence-electron chi connectivity index (χ1n) is 7.71. The number of nitrogens with zero attached hydrogens (tertiary/aromatic N) is 3. The van der Waals surface area contributed by atoms with E-state index in [1.165, 1.54) is 32.5 Å². The van der Waals surface area contributed by atoms with Crippen LogP contribution in [0.2, 0.25) is 10.0 Å². The first-order valence-corrected chi connectivity index (χ1v) is 8.47. The Hall–Kier alpha value is -0.260. The molecule has 3 rings (SSSR count). The van der Waals surface area contributed by atoms with Gasteiger partial charge in [0.2, 0.25) is 0 Å². The van der Waals surface area contributed by atoms with Crippen molar-refractivity contribution in [3.63, 3.8) is 0 Å². The lowest BCUT2D eigenvalue weighted by Gasteiger charge is -2.38. The molecule has 0 bridgehead atoms. The summed E-state index contributed by atoms with van der Waals surface area (Å²) in [6, 6.07) is 1.77. The number of pyridine rings is 1. The molecule has 2 saturated heterocycles. The van der Waals surface area contributed by atoms with Gasteiger partial charge in [0.15, 0.2) is 0 Å². The maximum atomic E-state index is 6.25. The van der Waals surface area contributed by atoms with E-state index >= 15 is 0 Å². The monoisotopic (exact) mass is 364 g/mol. The summed E-state index contributed by atoms with van der Waals surface area (Å²) in [5.41, 5.74) is 0. The van der Waals surface area contributed by atoms with E-state index < -0.39 is 0 Å². The van der Waals surface area contributed by atoms with Crippen LogP contribution < -0.4 is 10.2 Å². The number of aromatic nitrogens is 1. The number of piperidine rings is 1. The molecule has 0 spiro atoms. The molecule has 0 aliphatic carbocycles. The molecule has 0 aromatic carbocycles. The van der Waals surface area contributed by atoms with Crippen molar-refractivity contribution in [1.29, 1.82) is 0 Å². The highest BCUT2D eigenvalue weighted by molar-refractivity contribution is 6.36. The average Bonchev–Trinajstić information content (AvgIpc) is 2.49. The van der Waals surface area contributed by atoms with Crippen molar-refractivity contribution in [1.82, 2.24) is 15.2 Å². The summed E-state index contributed by atoms with van der Waals surface area (Å²) >= 11 is 12.2. The topological polar surface area (TPSA) is 31.4 Å². The number of hydrogen-bond acceptors (Lipinski definition) is 4. The molecule has 2 aliphatic heterocycles. The molecule has 4 nitrogen and oxygen atoms in total. The number of nitrogens with one attached hydrogen (secondary N) is 1. The molecule has 1 N–H and O–H groups in total. The van der Waals surface area contributed by atoms with Gasteiger partial charge in [-0.2, -0.15) is 0 Å². The van der Waals surface area contributed by atoms with Gasteiger partial charge in [0.25, 0.3) is 0 Å². The molecule has 7 heteroatoms. The molecule has 0 atom stereocenters. The zero-order chi connectivity index (χ0) is 14.7. The van der Waals surface area contributed by atoms with E-state index in [2.05, 4.69) is 20.1 Å². The minimum Gasteiger partial charge on any atom is -0.353 e. The fourth-order valence-electron chi connectivity index (χ4n) is 3.21. The van der Waals surface area contributed by atoms with E-state index in [4.69, 9.17) is 23.2 Å². The summed E-state index contributed by atoms with van der Waals surface area (Å²) in [4.78, 5) is 9.22. The Kier molecular flexibility index (Phi) is 7.03. The molecule has 1 aromatic heterocycles. The highest BCUT2D eigenvalue weighted by Crippen LogP contribution is 2.27. The Balaban J connectivity index is 0.00000176. The summed E-state index contributed by atoms with van der Waals surface area (Å²) in [5, 5.41) is 4.67. The van der Waals surface area contributed by atoms with Crippen LogP contribution in [0.4, 0.5) is 5.82 Å². The number of piperazine rings is 1. The predicted molar refractivity (Wildman–Crippen MR) is 95.8 cm³/mol. The zero-order valence-corrected chi connectivity index (χ0v) is 14.9. The standard InChI is InChI=1S/C15H22Cl2N4.ClH/c16-13-9-14(17)15(19-10-13)21-7-5-20(6-8-21)11-12-1-3-18-4-2-12;/h9-10,12,18H,1-8,11H2;1H. The second-order valence-electron chi connectivity index (χ2n) is 5.94. The largest absolute Gasteiger partial charge is 0.353 e. The maximum Gasteiger partial charge on any atom is 0.147 e. The van der Waals surface area contributed by atoms with Crippen LogP contribution in [0, 0.1) is 5.92 Å². The minimum absolute atomic E-state index is 0. The molecule has 2 fully saturated rings. The van der Waals surface area contributed by atoms with Crippen LogP contribution in [0.5, 0.6) is 0 Å². The summed E-state index contributed by atoms with van der Waals surface area (Å²) in [7, 11) is 0. The van der Waals surface area contributed by atoms with Crippen molar-refractivity contribution in [2.75, 3.05) is 50.7 Å². The minimum atomic E-state index is 0. The molecule has 2 aliphatic rings. The van der Waals surface area contributed by atoms with E-state index in [1.54, 1.807) is 12.3 Å². The number of rotatable bonds is 3. The van der Waals surface area contributed by atoms with Gasteiger partial charge in [-0.15, -0.1) is 12.4 Å². The van der Waals surface area contributed by atoms with E-state index in [0.29, 0.717) is 10.0 Å². The SMILES string of the molecule is Cl.Clc1cnc(N2CCN(CC3CCNCC3)CC2)c(Cl)c1. The molecule has 3 heterocycles. The van der Waals surface area contributed by atoms with Gasteiger partial charge in [-0.1, -0.05) is 23.2 Å². The van der Waals surface area contributed by atoms with Crippen molar-refractivity contribution in [3.8, 4) is 0 Å². The Bertz CT molecular complexity index is 472. The number of hydrogen-bond donors (Lipinski definition) is 1. The smallest absolute Gasteiger partial charge is 0.147 e. The highest BCUT2D eigenvalue weighted by atomic mass is 35.5. The van der Waals surface area contributed by atoms with Crippen LogP contribution in [0.25, 0.3) is 0 Å². The van der Waals surface area contributed by atoms with Gasteiger partial charge >= 0.3 is 0 Å². The molecule has 0 radical (unpaired) electrons. The maximum absolute atomic E-state index is 6.25. The van der Waals surface area contributed by atoms with E-state index in [9.17, 15) is 0 Å². The fourth-order valence-corrected chi connectivity index (χ4v) is 3.71. The van der Waals surface area contributed by atoms with Crippen LogP contribution in [0.15, 0.2) is 12.3 Å². The Morgan fingerprint density at radius 2 is 1.82 bits per heavy atom. The molecule has 0 amide bonds. The lowest BCUT2D eigenvalue weighted by Crippen LogP contribution is -2.49.